The number of fused-ring (bicyclic) bond motifs is 1. The minimum absolute atomic E-state index is 0.0786. The van der Waals surface area contributed by atoms with E-state index in [2.05, 4.69) is 40.8 Å². The fraction of sp³-hybridized carbons (Fsp3) is 0.885. The number of esters is 1. The van der Waals surface area contributed by atoms with Crippen LogP contribution < -0.4 is 0 Å². The van der Waals surface area contributed by atoms with Gasteiger partial charge in [-0.05, 0) is 61.4 Å². The van der Waals surface area contributed by atoms with Crippen molar-refractivity contribution in [3.8, 4) is 0 Å². The quantitative estimate of drug-likeness (QED) is 0.299. The highest BCUT2D eigenvalue weighted by Gasteiger charge is 2.64. The molecule has 200 valence electrons. The summed E-state index contributed by atoms with van der Waals surface area (Å²) in [5.41, 5.74) is 0.509. The van der Waals surface area contributed by atoms with Crippen LogP contribution in [0.4, 0.5) is 0 Å². The molecule has 1 aliphatic carbocycles. The van der Waals surface area contributed by atoms with Crippen molar-refractivity contribution in [2.24, 2.45) is 11.3 Å². The Bertz CT molecular complexity index is 813. The second kappa shape index (κ2) is 10.5. The van der Waals surface area contributed by atoms with E-state index in [1.54, 1.807) is 0 Å². The molecule has 0 aromatic heterocycles. The minimum atomic E-state index is -2.02. The molecule has 6 nitrogen and oxygen atoms in total. The molecule has 4 aliphatic rings. The Balaban J connectivity index is 1.73. The number of carbonyl (C=O) groups is 1. The number of rotatable bonds is 6. The number of carbonyl (C=O) groups excluding carboxylic acids is 1. The van der Waals surface area contributed by atoms with Gasteiger partial charge in [-0.2, -0.15) is 0 Å². The van der Waals surface area contributed by atoms with Crippen LogP contribution in [0, 0.1) is 11.3 Å². The molecule has 3 fully saturated rings. The molecule has 0 radical (unpaired) electrons. The second-order valence-electron chi connectivity index (χ2n) is 11.9. The number of hydrogen-bond donors (Lipinski definition) is 0. The average Bonchev–Trinajstić information content (AvgIpc) is 3.23. The second-order valence-corrected chi connectivity index (χ2v) is 19.8. The van der Waals surface area contributed by atoms with Gasteiger partial charge in [-0.1, -0.05) is 20.8 Å². The summed E-state index contributed by atoms with van der Waals surface area (Å²) >= 11 is 3.93. The van der Waals surface area contributed by atoms with Gasteiger partial charge in [0.25, 0.3) is 0 Å². The summed E-state index contributed by atoms with van der Waals surface area (Å²) in [4.78, 5) is 13.4. The molecule has 0 bridgehead atoms. The Kier molecular flexibility index (Phi) is 8.37. The van der Waals surface area contributed by atoms with Gasteiger partial charge >= 0.3 is 5.97 Å². The summed E-state index contributed by atoms with van der Waals surface area (Å²) in [5, 5.41) is 0.106. The van der Waals surface area contributed by atoms with Crippen LogP contribution in [-0.4, -0.2) is 69.2 Å². The van der Waals surface area contributed by atoms with E-state index in [4.69, 9.17) is 23.4 Å². The van der Waals surface area contributed by atoms with Gasteiger partial charge in [0.2, 0.25) is 8.32 Å². The third-order valence-electron chi connectivity index (χ3n) is 8.66. The van der Waals surface area contributed by atoms with E-state index in [1.165, 1.54) is 19.1 Å². The summed E-state index contributed by atoms with van der Waals surface area (Å²) in [6.07, 6.45) is 3.96. The van der Waals surface area contributed by atoms with Crippen molar-refractivity contribution in [2.75, 3.05) is 38.4 Å². The van der Waals surface area contributed by atoms with Gasteiger partial charge < -0.3 is 23.4 Å². The molecule has 35 heavy (non-hydrogen) atoms. The van der Waals surface area contributed by atoms with E-state index >= 15 is 0 Å². The van der Waals surface area contributed by atoms with Crippen LogP contribution in [0.15, 0.2) is 11.3 Å². The van der Waals surface area contributed by atoms with Crippen molar-refractivity contribution in [1.82, 2.24) is 0 Å². The summed E-state index contributed by atoms with van der Waals surface area (Å²) in [6.45, 7) is 15.4. The lowest BCUT2D eigenvalue weighted by molar-refractivity contribution is -0.184. The molecule has 9 heteroatoms. The molecule has 3 heterocycles. The van der Waals surface area contributed by atoms with E-state index in [-0.39, 0.29) is 33.4 Å². The van der Waals surface area contributed by atoms with Gasteiger partial charge in [-0.25, -0.2) is 0 Å². The minimum Gasteiger partial charge on any atom is -0.547 e. The van der Waals surface area contributed by atoms with Gasteiger partial charge in [-0.15, -0.1) is 23.5 Å². The third kappa shape index (κ3) is 5.24. The van der Waals surface area contributed by atoms with Crippen molar-refractivity contribution in [3.05, 3.63) is 11.3 Å². The number of allylic oxidation sites excluding steroid dienone is 1. The molecular formula is C26H44O6S2Si. The van der Waals surface area contributed by atoms with Gasteiger partial charge in [-0.3, -0.25) is 4.79 Å². The number of thioether (sulfide) groups is 2. The van der Waals surface area contributed by atoms with Crippen LogP contribution in [-0.2, 0) is 28.2 Å². The highest BCUT2D eigenvalue weighted by Crippen LogP contribution is 2.61. The van der Waals surface area contributed by atoms with E-state index in [9.17, 15) is 4.79 Å². The maximum absolute atomic E-state index is 13.4. The SMILES string of the molecule is COC(=O)[C@@]12CCC(O[Si](C)(C)C(C)(C)C)=C(C)[C@@H]1[C@@H](C1(CC3OCCCO3)SCCCS1)OC2. The highest BCUT2D eigenvalue weighted by atomic mass is 32.2. The summed E-state index contributed by atoms with van der Waals surface area (Å²) in [6, 6.07) is 0. The standard InChI is InChI=1S/C26H44O6S2Si/c1-18-19(32-35(6,7)24(2,3)4)10-11-25(23(27)28-5)17-31-22(21(18)25)26(33-14-9-15-34-26)16-20-29-12-8-13-30-20/h20-22H,8-17H2,1-7H3/t21-,22+,25-/m1/s1. The molecule has 0 saturated carbocycles. The van der Waals surface area contributed by atoms with Gasteiger partial charge in [0, 0.05) is 18.8 Å². The monoisotopic (exact) mass is 544 g/mol. The Labute approximate surface area is 221 Å². The largest absolute Gasteiger partial charge is 0.547 e. The molecule has 4 rings (SSSR count). The number of ether oxygens (including phenoxy) is 4. The lowest BCUT2D eigenvalue weighted by atomic mass is 9.65. The molecule has 0 amide bonds. The zero-order chi connectivity index (χ0) is 25.5. The van der Waals surface area contributed by atoms with Crippen molar-refractivity contribution >= 4 is 37.8 Å². The topological polar surface area (TPSA) is 63.2 Å². The lowest BCUT2D eigenvalue weighted by Crippen LogP contribution is -2.51. The fourth-order valence-corrected chi connectivity index (χ4v) is 10.3. The van der Waals surface area contributed by atoms with Crippen molar-refractivity contribution < 1.29 is 28.2 Å². The average molecular weight is 545 g/mol. The van der Waals surface area contributed by atoms with Crippen molar-refractivity contribution in [3.63, 3.8) is 0 Å². The number of hydrogen-bond acceptors (Lipinski definition) is 8. The summed E-state index contributed by atoms with van der Waals surface area (Å²) < 4.78 is 30.8. The van der Waals surface area contributed by atoms with Crippen LogP contribution in [0.1, 0.15) is 59.8 Å². The first kappa shape index (κ1) is 27.8. The molecule has 0 N–H and O–H groups in total. The fourth-order valence-electron chi connectivity index (χ4n) is 5.63. The van der Waals surface area contributed by atoms with Gasteiger partial charge in [0.1, 0.15) is 5.41 Å². The molecule has 0 spiro atoms. The molecule has 0 aromatic carbocycles. The maximum Gasteiger partial charge on any atom is 0.314 e. The first-order valence-electron chi connectivity index (χ1n) is 13.1. The Morgan fingerprint density at radius 1 is 1.11 bits per heavy atom. The third-order valence-corrected chi connectivity index (χ3v) is 16.5. The van der Waals surface area contributed by atoms with E-state index in [0.29, 0.717) is 13.0 Å². The number of methoxy groups -OCH3 is 1. The molecule has 3 atom stereocenters. The lowest BCUT2D eigenvalue weighted by Gasteiger charge is -2.48. The van der Waals surface area contributed by atoms with Crippen LogP contribution >= 0.6 is 23.5 Å². The Hall–Kier alpha value is -0.193. The van der Waals surface area contributed by atoms with E-state index in [0.717, 1.165) is 49.7 Å². The van der Waals surface area contributed by atoms with E-state index < -0.39 is 13.7 Å². The van der Waals surface area contributed by atoms with Crippen molar-refractivity contribution in [1.29, 1.82) is 0 Å². The first-order chi connectivity index (χ1) is 16.5. The van der Waals surface area contributed by atoms with E-state index in [1.807, 2.05) is 23.5 Å². The Morgan fingerprint density at radius 2 is 1.77 bits per heavy atom. The van der Waals surface area contributed by atoms with Crippen LogP contribution in [0.2, 0.25) is 18.1 Å². The molecular weight excluding hydrogens is 501 g/mol. The maximum atomic E-state index is 13.4. The van der Waals surface area contributed by atoms with Gasteiger partial charge in [0.05, 0.1) is 42.9 Å². The first-order valence-corrected chi connectivity index (χ1v) is 17.9. The molecule has 3 saturated heterocycles. The highest BCUT2D eigenvalue weighted by molar-refractivity contribution is 8.18. The summed E-state index contributed by atoms with van der Waals surface area (Å²) in [5.74, 6) is 3.00. The van der Waals surface area contributed by atoms with Crippen LogP contribution in [0.3, 0.4) is 0 Å². The zero-order valence-electron chi connectivity index (χ0n) is 22.6. The Morgan fingerprint density at radius 3 is 2.37 bits per heavy atom. The molecule has 0 unspecified atom stereocenters. The predicted molar refractivity (Wildman–Crippen MR) is 145 cm³/mol. The molecule has 3 aliphatic heterocycles. The predicted octanol–water partition coefficient (Wildman–Crippen LogP) is 5.97. The summed E-state index contributed by atoms with van der Waals surface area (Å²) in [7, 11) is -0.513. The van der Waals surface area contributed by atoms with Crippen LogP contribution in [0.25, 0.3) is 0 Å². The zero-order valence-corrected chi connectivity index (χ0v) is 25.2. The van der Waals surface area contributed by atoms with Gasteiger partial charge in [0.15, 0.2) is 6.29 Å². The van der Waals surface area contributed by atoms with Crippen LogP contribution in [0.5, 0.6) is 0 Å². The van der Waals surface area contributed by atoms with Crippen molar-refractivity contribution in [2.45, 2.75) is 94.4 Å². The smallest absolute Gasteiger partial charge is 0.314 e. The molecule has 0 aromatic rings. The normalized spacial score (nSPS) is 32.3.